The van der Waals surface area contributed by atoms with E-state index in [1.54, 1.807) is 18.5 Å². The van der Waals surface area contributed by atoms with E-state index in [1.165, 1.54) is 0 Å². The summed E-state index contributed by atoms with van der Waals surface area (Å²) in [7, 11) is 0. The van der Waals surface area contributed by atoms with Crippen LogP contribution < -0.4 is 9.64 Å². The van der Waals surface area contributed by atoms with Crippen molar-refractivity contribution in [3.63, 3.8) is 0 Å². The fraction of sp³-hybridized carbons (Fsp3) is 0.375. The Balaban J connectivity index is 1.44. The largest absolute Gasteiger partial charge is 0.471 e. The number of alkyl halides is 3. The number of anilines is 1. The van der Waals surface area contributed by atoms with Crippen LogP contribution in [0.3, 0.4) is 0 Å². The first-order chi connectivity index (χ1) is 16.7. The third kappa shape index (κ3) is 4.54. The smallest absolute Gasteiger partial charge is 0.417 e. The van der Waals surface area contributed by atoms with Crippen LogP contribution >= 0.6 is 11.6 Å². The van der Waals surface area contributed by atoms with Crippen molar-refractivity contribution in [1.29, 1.82) is 0 Å². The molecule has 35 heavy (non-hydrogen) atoms. The van der Waals surface area contributed by atoms with Gasteiger partial charge in [-0.3, -0.25) is 4.79 Å². The van der Waals surface area contributed by atoms with Gasteiger partial charge in [0.05, 0.1) is 11.6 Å². The van der Waals surface area contributed by atoms with Gasteiger partial charge in [-0.15, -0.1) is 0 Å². The summed E-state index contributed by atoms with van der Waals surface area (Å²) in [6.07, 6.45) is 2.31. The van der Waals surface area contributed by atoms with E-state index < -0.39 is 11.7 Å². The first-order valence-corrected chi connectivity index (χ1v) is 11.5. The number of nitrogens with zero attached hydrogens (tertiary/aromatic N) is 5. The molecule has 11 heteroatoms. The molecule has 3 aromatic rings. The Morgan fingerprint density at radius 2 is 1.94 bits per heavy atom. The lowest BCUT2D eigenvalue weighted by atomic mass is 9.77. The van der Waals surface area contributed by atoms with Gasteiger partial charge in [-0.2, -0.15) is 13.2 Å². The van der Waals surface area contributed by atoms with Crippen LogP contribution in [-0.4, -0.2) is 44.9 Å². The maximum Gasteiger partial charge on any atom is 0.417 e. The van der Waals surface area contributed by atoms with Crippen LogP contribution in [-0.2, 0) is 6.18 Å². The number of ether oxygens (including phenoxy) is 1. The molecule has 0 unspecified atom stereocenters. The summed E-state index contributed by atoms with van der Waals surface area (Å²) in [6, 6.07) is 4.29. The van der Waals surface area contributed by atoms with Crippen molar-refractivity contribution in [2.75, 3.05) is 11.4 Å². The third-order valence-corrected chi connectivity index (χ3v) is 6.80. The van der Waals surface area contributed by atoms with Gasteiger partial charge in [0.15, 0.2) is 12.1 Å². The zero-order valence-corrected chi connectivity index (χ0v) is 19.4. The Kier molecular flexibility index (Phi) is 6.08. The number of fused-ring (bicyclic) bond motifs is 3. The summed E-state index contributed by atoms with van der Waals surface area (Å²) < 4.78 is 45.0. The van der Waals surface area contributed by atoms with Gasteiger partial charge in [0.1, 0.15) is 22.6 Å². The van der Waals surface area contributed by atoms with E-state index in [0.717, 1.165) is 43.6 Å². The molecule has 5 heterocycles. The second kappa shape index (κ2) is 9.07. The number of aromatic nitrogens is 4. The lowest BCUT2D eigenvalue weighted by molar-refractivity contribution is -0.137. The minimum Gasteiger partial charge on any atom is -0.471 e. The SMILES string of the molecule is Cc1cc(-c2ncccn2)c(C=O)nc1N1C[C@@H]2CC[C@H]1[C@H](Oc1ncc(C(F)(F)F)cc1Cl)C2. The molecular weight excluding hydrogens is 483 g/mol. The fourth-order valence-electron chi connectivity index (χ4n) is 4.93. The molecule has 182 valence electrons. The highest BCUT2D eigenvalue weighted by molar-refractivity contribution is 6.31. The monoisotopic (exact) mass is 503 g/mol. The molecule has 3 atom stereocenters. The number of rotatable bonds is 5. The molecule has 1 aliphatic carbocycles. The van der Waals surface area contributed by atoms with E-state index in [2.05, 4.69) is 24.8 Å². The van der Waals surface area contributed by atoms with Gasteiger partial charge in [-0.1, -0.05) is 11.6 Å². The van der Waals surface area contributed by atoms with E-state index in [1.807, 2.05) is 13.0 Å². The Morgan fingerprint density at radius 1 is 1.17 bits per heavy atom. The predicted octanol–water partition coefficient (Wildman–Crippen LogP) is 5.16. The number of carbonyl (C=O) groups excluding carboxylic acids is 1. The zero-order valence-electron chi connectivity index (χ0n) is 18.7. The topological polar surface area (TPSA) is 81.1 Å². The summed E-state index contributed by atoms with van der Waals surface area (Å²) in [5.74, 6) is 1.37. The minimum atomic E-state index is -4.54. The number of hydrogen-bond donors (Lipinski definition) is 0. The fourth-order valence-corrected chi connectivity index (χ4v) is 5.14. The van der Waals surface area contributed by atoms with E-state index >= 15 is 0 Å². The average Bonchev–Trinajstić information content (AvgIpc) is 2.85. The first-order valence-electron chi connectivity index (χ1n) is 11.1. The lowest BCUT2D eigenvalue weighted by Crippen LogP contribution is -2.58. The molecule has 3 fully saturated rings. The van der Waals surface area contributed by atoms with Crippen molar-refractivity contribution in [3.8, 4) is 17.3 Å². The molecule has 0 spiro atoms. The summed E-state index contributed by atoms with van der Waals surface area (Å²) in [5.41, 5.74) is 0.723. The van der Waals surface area contributed by atoms with Crippen LogP contribution in [0.4, 0.5) is 19.0 Å². The predicted molar refractivity (Wildman–Crippen MR) is 123 cm³/mol. The normalized spacial score (nSPS) is 21.7. The van der Waals surface area contributed by atoms with Crippen LogP contribution in [0.1, 0.15) is 40.9 Å². The van der Waals surface area contributed by atoms with Gasteiger partial charge in [0.2, 0.25) is 5.88 Å². The molecule has 3 aliphatic rings. The van der Waals surface area contributed by atoms with Crippen molar-refractivity contribution >= 4 is 23.7 Å². The number of hydrogen-bond acceptors (Lipinski definition) is 7. The van der Waals surface area contributed by atoms with Crippen molar-refractivity contribution in [2.45, 2.75) is 44.5 Å². The molecule has 6 rings (SSSR count). The van der Waals surface area contributed by atoms with Crippen LogP contribution in [0.25, 0.3) is 11.4 Å². The van der Waals surface area contributed by atoms with Crippen LogP contribution in [0, 0.1) is 12.8 Å². The number of piperidine rings is 2. The zero-order chi connectivity index (χ0) is 24.7. The third-order valence-electron chi connectivity index (χ3n) is 6.52. The summed E-state index contributed by atoms with van der Waals surface area (Å²) >= 11 is 6.09. The highest BCUT2D eigenvalue weighted by atomic mass is 35.5. The maximum atomic E-state index is 13.0. The number of halogens is 4. The Hall–Kier alpha value is -3.27. The van der Waals surface area contributed by atoms with Crippen molar-refractivity contribution < 1.29 is 22.7 Å². The number of aldehydes is 1. The van der Waals surface area contributed by atoms with Crippen molar-refractivity contribution in [3.05, 3.63) is 58.6 Å². The molecule has 0 aromatic carbocycles. The van der Waals surface area contributed by atoms with Gasteiger partial charge in [0.25, 0.3) is 0 Å². The van der Waals surface area contributed by atoms with Crippen LogP contribution in [0.15, 0.2) is 36.8 Å². The number of aryl methyl sites for hydroxylation is 1. The minimum absolute atomic E-state index is 0.0213. The molecule has 7 nitrogen and oxygen atoms in total. The highest BCUT2D eigenvalue weighted by Crippen LogP contribution is 2.42. The standard InChI is InChI=1S/C24H21ClF3N5O2/c1-13-7-16(21-29-5-2-6-30-21)18(12-34)32-22(13)33-11-14-3-4-19(33)20(8-14)35-23-17(25)9-15(10-31-23)24(26,27)28/h2,5-7,9-10,12,14,19-20H,3-4,8,11H2,1H3/t14-,19+,20-/m1/s1. The van der Waals surface area contributed by atoms with Crippen molar-refractivity contribution in [1.82, 2.24) is 19.9 Å². The summed E-state index contributed by atoms with van der Waals surface area (Å²) in [5, 5.41) is -0.183. The molecular formula is C24H21ClF3N5O2. The van der Waals surface area contributed by atoms with Gasteiger partial charge in [-0.05, 0) is 55.9 Å². The first kappa shape index (κ1) is 23.5. The van der Waals surface area contributed by atoms with Gasteiger partial charge in [-0.25, -0.2) is 19.9 Å². The average molecular weight is 504 g/mol. The molecule has 2 saturated heterocycles. The second-order valence-electron chi connectivity index (χ2n) is 8.82. The van der Waals surface area contributed by atoms with E-state index in [0.29, 0.717) is 29.4 Å². The molecule has 0 N–H and O–H groups in total. The summed E-state index contributed by atoms with van der Waals surface area (Å²) in [4.78, 5) is 31.0. The number of carbonyl (C=O) groups is 1. The van der Waals surface area contributed by atoms with Crippen molar-refractivity contribution in [2.24, 2.45) is 5.92 Å². The lowest BCUT2D eigenvalue weighted by Gasteiger charge is -2.50. The molecule has 0 amide bonds. The van der Waals surface area contributed by atoms with E-state index in [-0.39, 0.29) is 28.7 Å². The van der Waals surface area contributed by atoms with Gasteiger partial charge >= 0.3 is 6.18 Å². The molecule has 1 saturated carbocycles. The van der Waals surface area contributed by atoms with E-state index in [9.17, 15) is 18.0 Å². The maximum absolute atomic E-state index is 13.0. The Morgan fingerprint density at radius 3 is 2.60 bits per heavy atom. The van der Waals surface area contributed by atoms with E-state index in [4.69, 9.17) is 16.3 Å². The van der Waals surface area contributed by atoms with Crippen LogP contribution in [0.5, 0.6) is 5.88 Å². The number of pyridine rings is 2. The highest BCUT2D eigenvalue weighted by Gasteiger charge is 2.44. The second-order valence-corrected chi connectivity index (χ2v) is 9.22. The quantitative estimate of drug-likeness (QED) is 0.445. The van der Waals surface area contributed by atoms with Gasteiger partial charge < -0.3 is 9.64 Å². The van der Waals surface area contributed by atoms with Crippen LogP contribution in [0.2, 0.25) is 5.02 Å². The molecule has 0 radical (unpaired) electrons. The summed E-state index contributed by atoms with van der Waals surface area (Å²) in [6.45, 7) is 2.65. The molecule has 2 bridgehead atoms. The molecule has 3 aromatic heterocycles. The Bertz CT molecular complexity index is 1260. The molecule has 2 aliphatic heterocycles. The van der Waals surface area contributed by atoms with Gasteiger partial charge in [0, 0.05) is 30.7 Å². The Labute approximate surface area is 204 Å².